The van der Waals surface area contributed by atoms with Gasteiger partial charge in [0.05, 0.1) is 29.7 Å². The Morgan fingerprint density at radius 3 is 2.80 bits per heavy atom. The van der Waals surface area contributed by atoms with Crippen molar-refractivity contribution < 1.29 is 0 Å². The summed E-state index contributed by atoms with van der Waals surface area (Å²) in [6.07, 6.45) is 1.73. The van der Waals surface area contributed by atoms with Gasteiger partial charge in [-0.3, -0.25) is 0 Å². The topological polar surface area (TPSA) is 51.8 Å². The van der Waals surface area contributed by atoms with Crippen molar-refractivity contribution in [2.24, 2.45) is 5.73 Å². The third-order valence-electron chi connectivity index (χ3n) is 2.47. The number of aromatic nitrogens is 2. The molecule has 1 unspecified atom stereocenters. The maximum atomic E-state index is 6.13. The molecule has 0 fully saturated rings. The van der Waals surface area contributed by atoms with Gasteiger partial charge in [-0.15, -0.1) is 0 Å². The summed E-state index contributed by atoms with van der Waals surface area (Å²) in [5.74, 6) is 0. The molecule has 0 amide bonds. The van der Waals surface area contributed by atoms with Crippen LogP contribution in [0.5, 0.6) is 0 Å². The van der Waals surface area contributed by atoms with Gasteiger partial charge in [-0.05, 0) is 25.0 Å². The van der Waals surface area contributed by atoms with Crippen molar-refractivity contribution in [2.75, 3.05) is 0 Å². The van der Waals surface area contributed by atoms with Crippen molar-refractivity contribution in [1.29, 1.82) is 0 Å². The van der Waals surface area contributed by atoms with E-state index in [-0.39, 0.29) is 6.04 Å². The van der Waals surface area contributed by atoms with Crippen LogP contribution in [-0.2, 0) is 0 Å². The van der Waals surface area contributed by atoms with Gasteiger partial charge in [0.15, 0.2) is 0 Å². The first-order valence-corrected chi connectivity index (χ1v) is 5.51. The molecule has 0 spiro atoms. The summed E-state index contributed by atoms with van der Waals surface area (Å²) in [6.45, 7) is 4.13. The lowest BCUT2D eigenvalue weighted by Gasteiger charge is -2.12. The Morgan fingerprint density at radius 2 is 2.13 bits per heavy atom. The first kappa shape index (κ1) is 10.3. The second-order valence-corrected chi connectivity index (χ2v) is 4.23. The normalized spacial score (nSPS) is 12.7. The first-order chi connectivity index (χ1) is 7.18. The van der Waals surface area contributed by atoms with E-state index in [0.29, 0.717) is 0 Å². The van der Waals surface area contributed by atoms with E-state index in [1.807, 2.05) is 0 Å². The fraction of sp³-hybridized carbons (Fsp3) is 0.273. The van der Waals surface area contributed by atoms with Crippen LogP contribution in [0.15, 0.2) is 24.4 Å². The summed E-state index contributed by atoms with van der Waals surface area (Å²) in [5.41, 5.74) is 10.5. The van der Waals surface area contributed by atoms with E-state index < -0.39 is 0 Å². The average Bonchev–Trinajstić information content (AvgIpc) is 2.74. The number of aryl methyl sites for hydroxylation is 2. The highest BCUT2D eigenvalue weighted by atomic mass is 32.1. The van der Waals surface area contributed by atoms with Crippen LogP contribution in [0, 0.1) is 13.8 Å². The Kier molecular flexibility index (Phi) is 2.79. The molecule has 0 saturated carbocycles. The molecule has 1 aromatic heterocycles. The second-order valence-electron chi connectivity index (χ2n) is 3.67. The first-order valence-electron chi connectivity index (χ1n) is 4.78. The number of hydrogen-bond donors (Lipinski definition) is 1. The van der Waals surface area contributed by atoms with Crippen LogP contribution in [0.1, 0.15) is 28.4 Å². The summed E-state index contributed by atoms with van der Waals surface area (Å²) in [6, 6.07) is 6.12. The Balaban J connectivity index is 2.41. The minimum absolute atomic E-state index is 0.163. The molecule has 0 aliphatic heterocycles. The van der Waals surface area contributed by atoms with Gasteiger partial charge in [-0.1, -0.05) is 23.8 Å². The lowest BCUT2D eigenvalue weighted by molar-refractivity contribution is 0.834. The third-order valence-corrected chi connectivity index (χ3v) is 2.96. The molecule has 2 rings (SSSR count). The molecule has 1 atom stereocenters. The van der Waals surface area contributed by atoms with Gasteiger partial charge in [-0.2, -0.15) is 8.75 Å². The van der Waals surface area contributed by atoms with Gasteiger partial charge >= 0.3 is 0 Å². The molecule has 2 N–H and O–H groups in total. The van der Waals surface area contributed by atoms with Crippen LogP contribution < -0.4 is 5.73 Å². The van der Waals surface area contributed by atoms with Crippen LogP contribution in [0.25, 0.3) is 0 Å². The highest BCUT2D eigenvalue weighted by Gasteiger charge is 2.13. The van der Waals surface area contributed by atoms with Gasteiger partial charge in [-0.25, -0.2) is 0 Å². The number of rotatable bonds is 2. The standard InChI is InChI=1S/C11H13N3S/c1-7-3-4-8(2)9(5-7)11(12)10-6-13-15-14-10/h3-6,11H,12H2,1-2H3. The van der Waals surface area contributed by atoms with E-state index in [0.717, 1.165) is 11.3 Å². The molecule has 3 nitrogen and oxygen atoms in total. The lowest BCUT2D eigenvalue weighted by Crippen LogP contribution is -2.13. The summed E-state index contributed by atoms with van der Waals surface area (Å²) in [7, 11) is 0. The molecule has 78 valence electrons. The van der Waals surface area contributed by atoms with Crippen LogP contribution in [0.4, 0.5) is 0 Å². The molecule has 0 aliphatic rings. The lowest BCUT2D eigenvalue weighted by atomic mass is 9.98. The Hall–Kier alpha value is -1.26. The smallest absolute Gasteiger partial charge is 0.0955 e. The van der Waals surface area contributed by atoms with Crippen molar-refractivity contribution >= 4 is 11.7 Å². The molecule has 0 bridgehead atoms. The summed E-state index contributed by atoms with van der Waals surface area (Å²) in [5, 5.41) is 0. The van der Waals surface area contributed by atoms with Crippen LogP contribution >= 0.6 is 11.7 Å². The van der Waals surface area contributed by atoms with Crippen molar-refractivity contribution in [2.45, 2.75) is 19.9 Å². The molecule has 1 heterocycles. The predicted octanol–water partition coefficient (Wildman–Crippen LogP) is 2.20. The van der Waals surface area contributed by atoms with Crippen molar-refractivity contribution in [3.8, 4) is 0 Å². The molecule has 0 saturated heterocycles. The van der Waals surface area contributed by atoms with Crippen molar-refractivity contribution in [1.82, 2.24) is 8.75 Å². The number of benzene rings is 1. The SMILES string of the molecule is Cc1ccc(C)c(C(N)c2cnsn2)c1. The zero-order valence-electron chi connectivity index (χ0n) is 8.77. The van der Waals surface area contributed by atoms with Crippen LogP contribution in [0.2, 0.25) is 0 Å². The van der Waals surface area contributed by atoms with Crippen LogP contribution in [0.3, 0.4) is 0 Å². The fourth-order valence-electron chi connectivity index (χ4n) is 1.56. The van der Waals surface area contributed by atoms with E-state index in [1.165, 1.54) is 22.9 Å². The highest BCUT2D eigenvalue weighted by molar-refractivity contribution is 6.99. The molecule has 0 aliphatic carbocycles. The van der Waals surface area contributed by atoms with E-state index >= 15 is 0 Å². The zero-order valence-corrected chi connectivity index (χ0v) is 9.58. The van der Waals surface area contributed by atoms with Gasteiger partial charge < -0.3 is 5.73 Å². The molecular formula is C11H13N3S. The van der Waals surface area contributed by atoms with E-state index in [9.17, 15) is 0 Å². The third kappa shape index (κ3) is 2.06. The minimum Gasteiger partial charge on any atom is -0.319 e. The van der Waals surface area contributed by atoms with Gasteiger partial charge in [0.1, 0.15) is 0 Å². The van der Waals surface area contributed by atoms with Crippen molar-refractivity contribution in [3.63, 3.8) is 0 Å². The zero-order chi connectivity index (χ0) is 10.8. The van der Waals surface area contributed by atoms with Gasteiger partial charge in [0, 0.05) is 0 Å². The van der Waals surface area contributed by atoms with Crippen molar-refractivity contribution in [3.05, 3.63) is 46.8 Å². The molecule has 1 aromatic carbocycles. The fourth-order valence-corrected chi connectivity index (χ4v) is 2.02. The number of nitrogens with two attached hydrogens (primary N) is 1. The molecule has 15 heavy (non-hydrogen) atoms. The van der Waals surface area contributed by atoms with Crippen LogP contribution in [-0.4, -0.2) is 8.75 Å². The monoisotopic (exact) mass is 219 g/mol. The predicted molar refractivity (Wildman–Crippen MR) is 61.9 cm³/mol. The summed E-state index contributed by atoms with van der Waals surface area (Å²) < 4.78 is 8.14. The number of hydrogen-bond acceptors (Lipinski definition) is 4. The minimum atomic E-state index is -0.163. The molecule has 4 heteroatoms. The number of nitrogens with zero attached hydrogens (tertiary/aromatic N) is 2. The molecular weight excluding hydrogens is 206 g/mol. The molecule has 2 aromatic rings. The average molecular weight is 219 g/mol. The Bertz CT molecular complexity index is 451. The largest absolute Gasteiger partial charge is 0.319 e. The van der Waals surface area contributed by atoms with E-state index in [2.05, 4.69) is 40.8 Å². The molecule has 0 radical (unpaired) electrons. The quantitative estimate of drug-likeness (QED) is 0.842. The highest BCUT2D eigenvalue weighted by Crippen LogP contribution is 2.22. The summed E-state index contributed by atoms with van der Waals surface area (Å²) in [4.78, 5) is 0. The van der Waals surface area contributed by atoms with E-state index in [4.69, 9.17) is 5.73 Å². The van der Waals surface area contributed by atoms with Gasteiger partial charge in [0.25, 0.3) is 0 Å². The van der Waals surface area contributed by atoms with Gasteiger partial charge in [0.2, 0.25) is 0 Å². The summed E-state index contributed by atoms with van der Waals surface area (Å²) >= 11 is 1.19. The Morgan fingerprint density at radius 1 is 1.33 bits per heavy atom. The maximum Gasteiger partial charge on any atom is 0.0955 e. The second kappa shape index (κ2) is 4.08. The Labute approximate surface area is 93.3 Å². The van der Waals surface area contributed by atoms with E-state index in [1.54, 1.807) is 6.20 Å². The maximum absolute atomic E-state index is 6.13.